The first-order chi connectivity index (χ1) is 12.0. The Bertz CT molecular complexity index is 568. The van der Waals surface area contributed by atoms with E-state index in [1.807, 2.05) is 0 Å². The van der Waals surface area contributed by atoms with Gasteiger partial charge in [0.25, 0.3) is 0 Å². The Hall–Kier alpha value is -1.83. The van der Waals surface area contributed by atoms with Gasteiger partial charge in [0.2, 0.25) is 0 Å². The van der Waals surface area contributed by atoms with Crippen molar-refractivity contribution in [1.29, 1.82) is 0 Å². The van der Waals surface area contributed by atoms with Gasteiger partial charge in [0.05, 0.1) is 17.3 Å². The number of ether oxygens (including phenoxy) is 1. The Morgan fingerprint density at radius 1 is 1.40 bits per heavy atom. The summed E-state index contributed by atoms with van der Waals surface area (Å²) in [6, 6.07) is -0.0635. The molecule has 1 aliphatic heterocycles. The van der Waals surface area contributed by atoms with Crippen molar-refractivity contribution in [2.75, 3.05) is 26.2 Å². The maximum Gasteiger partial charge on any atom is 0.409 e. The standard InChI is InChI=1S/C17H28N4O3S/c1-4-24-17(23)21-9-6-13(7-10-21)20-16(22)18-8-5-14-11-25-15(19-14)12(2)3/h11-13H,4-10H2,1-3H3,(H2,18,20,22). The van der Waals surface area contributed by atoms with Crippen LogP contribution in [0.5, 0.6) is 0 Å². The topological polar surface area (TPSA) is 83.6 Å². The van der Waals surface area contributed by atoms with Crippen molar-refractivity contribution in [3.63, 3.8) is 0 Å². The molecular weight excluding hydrogens is 340 g/mol. The van der Waals surface area contributed by atoms with Gasteiger partial charge in [-0.15, -0.1) is 11.3 Å². The number of carbonyl (C=O) groups excluding carboxylic acids is 2. The van der Waals surface area contributed by atoms with Crippen LogP contribution in [0.3, 0.4) is 0 Å². The summed E-state index contributed by atoms with van der Waals surface area (Å²) in [4.78, 5) is 29.9. The molecule has 0 spiro atoms. The second-order valence-electron chi connectivity index (χ2n) is 6.44. The van der Waals surface area contributed by atoms with E-state index in [0.717, 1.165) is 30.0 Å². The van der Waals surface area contributed by atoms with Gasteiger partial charge in [-0.1, -0.05) is 13.8 Å². The summed E-state index contributed by atoms with van der Waals surface area (Å²) < 4.78 is 4.99. The van der Waals surface area contributed by atoms with Gasteiger partial charge >= 0.3 is 12.1 Å². The van der Waals surface area contributed by atoms with Crippen molar-refractivity contribution >= 4 is 23.5 Å². The van der Waals surface area contributed by atoms with Gasteiger partial charge in [-0.05, 0) is 19.8 Å². The minimum absolute atomic E-state index is 0.0949. The van der Waals surface area contributed by atoms with Gasteiger partial charge in [-0.3, -0.25) is 0 Å². The van der Waals surface area contributed by atoms with Crippen LogP contribution in [-0.4, -0.2) is 54.3 Å². The molecule has 0 saturated carbocycles. The lowest BCUT2D eigenvalue weighted by atomic mass is 10.1. The lowest BCUT2D eigenvalue weighted by Crippen LogP contribution is -2.49. The third-order valence-electron chi connectivity index (χ3n) is 4.09. The largest absolute Gasteiger partial charge is 0.450 e. The molecule has 2 rings (SSSR count). The Morgan fingerprint density at radius 3 is 2.72 bits per heavy atom. The molecule has 25 heavy (non-hydrogen) atoms. The van der Waals surface area contributed by atoms with Crippen LogP contribution >= 0.6 is 11.3 Å². The maximum absolute atomic E-state index is 12.0. The van der Waals surface area contributed by atoms with Crippen LogP contribution in [0.1, 0.15) is 50.2 Å². The zero-order valence-corrected chi connectivity index (χ0v) is 16.0. The van der Waals surface area contributed by atoms with Gasteiger partial charge < -0.3 is 20.3 Å². The number of hydrogen-bond acceptors (Lipinski definition) is 5. The van der Waals surface area contributed by atoms with Crippen molar-refractivity contribution in [3.8, 4) is 0 Å². The van der Waals surface area contributed by atoms with Gasteiger partial charge in [-0.2, -0.15) is 0 Å². The van der Waals surface area contributed by atoms with Crippen LogP contribution in [-0.2, 0) is 11.2 Å². The first kappa shape index (κ1) is 19.5. The van der Waals surface area contributed by atoms with E-state index in [4.69, 9.17) is 4.74 Å². The highest BCUT2D eigenvalue weighted by atomic mass is 32.1. The van der Waals surface area contributed by atoms with Crippen LogP contribution < -0.4 is 10.6 Å². The molecule has 2 N–H and O–H groups in total. The van der Waals surface area contributed by atoms with E-state index in [1.54, 1.807) is 23.2 Å². The predicted octanol–water partition coefficient (Wildman–Crippen LogP) is 2.73. The highest BCUT2D eigenvalue weighted by molar-refractivity contribution is 7.09. The molecule has 1 aromatic rings. The van der Waals surface area contributed by atoms with Gasteiger partial charge in [-0.25, -0.2) is 14.6 Å². The monoisotopic (exact) mass is 368 g/mol. The minimum Gasteiger partial charge on any atom is -0.450 e. The fourth-order valence-corrected chi connectivity index (χ4v) is 3.53. The smallest absolute Gasteiger partial charge is 0.409 e. The zero-order valence-electron chi connectivity index (χ0n) is 15.2. The van der Waals surface area contributed by atoms with Crippen molar-refractivity contribution in [2.45, 2.75) is 52.0 Å². The first-order valence-electron chi connectivity index (χ1n) is 8.90. The zero-order chi connectivity index (χ0) is 18.2. The summed E-state index contributed by atoms with van der Waals surface area (Å²) in [5, 5.41) is 9.04. The number of carbonyl (C=O) groups is 2. The van der Waals surface area contributed by atoms with Gasteiger partial charge in [0, 0.05) is 43.4 Å². The summed E-state index contributed by atoms with van der Waals surface area (Å²) in [7, 11) is 0. The Labute approximate surface area is 153 Å². The van der Waals surface area contributed by atoms with E-state index in [9.17, 15) is 9.59 Å². The Balaban J connectivity index is 1.63. The third kappa shape index (κ3) is 6.19. The number of likely N-dealkylation sites (tertiary alicyclic amines) is 1. The summed E-state index contributed by atoms with van der Waals surface area (Å²) in [5.74, 6) is 0.440. The van der Waals surface area contributed by atoms with E-state index >= 15 is 0 Å². The lowest BCUT2D eigenvalue weighted by Gasteiger charge is -2.31. The predicted molar refractivity (Wildman–Crippen MR) is 98.1 cm³/mol. The number of amides is 3. The molecule has 1 fully saturated rings. The third-order valence-corrected chi connectivity index (χ3v) is 5.28. The van der Waals surface area contributed by atoms with Crippen molar-refractivity contribution in [3.05, 3.63) is 16.1 Å². The van der Waals surface area contributed by atoms with Gasteiger partial charge in [0.1, 0.15) is 0 Å². The lowest BCUT2D eigenvalue weighted by molar-refractivity contribution is 0.0957. The molecule has 8 heteroatoms. The number of thiazole rings is 1. The molecule has 140 valence electrons. The highest BCUT2D eigenvalue weighted by Crippen LogP contribution is 2.19. The van der Waals surface area contributed by atoms with E-state index in [0.29, 0.717) is 32.2 Å². The maximum atomic E-state index is 12.0. The van der Waals surface area contributed by atoms with Crippen LogP contribution in [0.15, 0.2) is 5.38 Å². The fraction of sp³-hybridized carbons (Fsp3) is 0.706. The van der Waals surface area contributed by atoms with E-state index in [-0.39, 0.29) is 18.2 Å². The number of rotatable bonds is 6. The number of urea groups is 1. The van der Waals surface area contributed by atoms with E-state index in [2.05, 4.69) is 34.8 Å². The molecule has 0 aliphatic carbocycles. The molecule has 0 aromatic carbocycles. The van der Waals surface area contributed by atoms with Crippen molar-refractivity contribution < 1.29 is 14.3 Å². The van der Waals surface area contributed by atoms with Crippen molar-refractivity contribution in [1.82, 2.24) is 20.5 Å². The number of nitrogens with zero attached hydrogens (tertiary/aromatic N) is 2. The molecule has 1 saturated heterocycles. The number of aromatic nitrogens is 1. The fourth-order valence-electron chi connectivity index (χ4n) is 2.66. The second kappa shape index (κ2) is 9.60. The molecule has 1 aliphatic rings. The second-order valence-corrected chi connectivity index (χ2v) is 7.33. The number of hydrogen-bond donors (Lipinski definition) is 2. The van der Waals surface area contributed by atoms with E-state index < -0.39 is 0 Å². The molecule has 0 radical (unpaired) electrons. The average molecular weight is 369 g/mol. The Morgan fingerprint density at radius 2 is 2.12 bits per heavy atom. The Kier molecular flexibility index (Phi) is 7.49. The summed E-state index contributed by atoms with van der Waals surface area (Å²) >= 11 is 1.67. The molecule has 3 amide bonds. The summed E-state index contributed by atoms with van der Waals surface area (Å²) in [5.41, 5.74) is 1.02. The van der Waals surface area contributed by atoms with Crippen LogP contribution in [0.4, 0.5) is 9.59 Å². The molecule has 1 aromatic heterocycles. The highest BCUT2D eigenvalue weighted by Gasteiger charge is 2.24. The van der Waals surface area contributed by atoms with Crippen LogP contribution in [0.25, 0.3) is 0 Å². The van der Waals surface area contributed by atoms with E-state index in [1.165, 1.54) is 0 Å². The molecule has 0 atom stereocenters. The van der Waals surface area contributed by atoms with Crippen LogP contribution in [0.2, 0.25) is 0 Å². The molecule has 7 nitrogen and oxygen atoms in total. The molecule has 0 bridgehead atoms. The average Bonchev–Trinajstić information content (AvgIpc) is 3.05. The number of piperidine rings is 1. The van der Waals surface area contributed by atoms with Crippen LogP contribution in [0, 0.1) is 0 Å². The van der Waals surface area contributed by atoms with Gasteiger partial charge in [0.15, 0.2) is 0 Å². The molecule has 2 heterocycles. The SMILES string of the molecule is CCOC(=O)N1CCC(NC(=O)NCCc2csc(C(C)C)n2)CC1. The molecule has 0 unspecified atom stereocenters. The summed E-state index contributed by atoms with van der Waals surface area (Å²) in [6.45, 7) is 8.22. The quantitative estimate of drug-likeness (QED) is 0.809. The minimum atomic E-state index is -0.269. The summed E-state index contributed by atoms with van der Waals surface area (Å²) in [6.07, 6.45) is 1.96. The molecular formula is C17H28N4O3S. The first-order valence-corrected chi connectivity index (χ1v) is 9.78. The number of nitrogens with one attached hydrogen (secondary N) is 2. The normalized spacial score (nSPS) is 15.3. The van der Waals surface area contributed by atoms with Crippen molar-refractivity contribution in [2.24, 2.45) is 0 Å².